The molecule has 3 N–H and O–H groups in total. The Morgan fingerprint density at radius 1 is 1.32 bits per heavy atom. The zero-order valence-corrected chi connectivity index (χ0v) is 10.9. The minimum Gasteiger partial charge on any atom is -0.449 e. The average molecular weight is 299 g/mol. The van der Waals surface area contributed by atoms with Crippen LogP contribution in [0.5, 0.6) is 5.88 Å². The first-order chi connectivity index (χ1) is 8.97. The maximum absolute atomic E-state index is 10.6. The molecule has 0 atom stereocenters. The van der Waals surface area contributed by atoms with Crippen molar-refractivity contribution in [1.82, 2.24) is 4.98 Å². The number of aromatic nitrogens is 1. The molecule has 0 unspecified atom stereocenters. The summed E-state index contributed by atoms with van der Waals surface area (Å²) in [5.41, 5.74) is 6.95. The predicted molar refractivity (Wildman–Crippen MR) is 72.8 cm³/mol. The Labute approximate surface area is 118 Å². The normalized spacial score (nSPS) is 10.2. The molecular formula is C12H8Cl2N2O3. The fourth-order valence-electron chi connectivity index (χ4n) is 1.47. The summed E-state index contributed by atoms with van der Waals surface area (Å²) >= 11 is 11.7. The van der Waals surface area contributed by atoms with E-state index in [9.17, 15) is 4.79 Å². The summed E-state index contributed by atoms with van der Waals surface area (Å²) in [5.74, 6) is -0.260. The van der Waals surface area contributed by atoms with Gasteiger partial charge in [0, 0.05) is 10.6 Å². The van der Waals surface area contributed by atoms with Gasteiger partial charge in [-0.05, 0) is 18.2 Å². The molecular weight excluding hydrogens is 291 g/mol. The van der Waals surface area contributed by atoms with Gasteiger partial charge >= 0.3 is 6.16 Å². The standard InChI is InChI=1S/C12H8Cl2N2O3/c13-7-3-1-2-6(4-7)9-5-8(15)10(14)11(16-9)19-12(17)18/h1-5H,(H2,15,16)(H,17,18). The van der Waals surface area contributed by atoms with Crippen molar-refractivity contribution >= 4 is 35.0 Å². The highest BCUT2D eigenvalue weighted by molar-refractivity contribution is 6.34. The molecule has 0 aliphatic rings. The number of nitrogens with two attached hydrogens (primary N) is 1. The van der Waals surface area contributed by atoms with Crippen molar-refractivity contribution in [3.63, 3.8) is 0 Å². The van der Waals surface area contributed by atoms with Gasteiger partial charge < -0.3 is 15.6 Å². The third-order valence-electron chi connectivity index (χ3n) is 2.26. The van der Waals surface area contributed by atoms with Crippen LogP contribution < -0.4 is 10.5 Å². The lowest BCUT2D eigenvalue weighted by Gasteiger charge is -2.08. The minimum absolute atomic E-state index is 0.0480. The molecule has 0 saturated heterocycles. The van der Waals surface area contributed by atoms with Crippen LogP contribution >= 0.6 is 23.2 Å². The summed E-state index contributed by atoms with van der Waals surface area (Å²) in [6.07, 6.45) is -1.52. The molecule has 0 bridgehead atoms. The molecule has 98 valence electrons. The van der Waals surface area contributed by atoms with Crippen molar-refractivity contribution in [1.29, 1.82) is 0 Å². The van der Waals surface area contributed by atoms with Crippen molar-refractivity contribution in [2.45, 2.75) is 0 Å². The first-order valence-corrected chi connectivity index (χ1v) is 5.85. The van der Waals surface area contributed by atoms with Gasteiger partial charge in [-0.3, -0.25) is 0 Å². The Kier molecular flexibility index (Phi) is 3.78. The molecule has 0 fully saturated rings. The van der Waals surface area contributed by atoms with Gasteiger partial charge in [-0.1, -0.05) is 35.3 Å². The highest BCUT2D eigenvalue weighted by atomic mass is 35.5. The van der Waals surface area contributed by atoms with Gasteiger partial charge in [0.05, 0.1) is 11.4 Å². The van der Waals surface area contributed by atoms with E-state index < -0.39 is 6.16 Å². The largest absolute Gasteiger partial charge is 0.512 e. The van der Waals surface area contributed by atoms with Crippen molar-refractivity contribution < 1.29 is 14.6 Å². The molecule has 0 spiro atoms. The Morgan fingerprint density at radius 2 is 2.05 bits per heavy atom. The monoisotopic (exact) mass is 298 g/mol. The number of rotatable bonds is 2. The summed E-state index contributed by atoms with van der Waals surface area (Å²) in [7, 11) is 0. The smallest absolute Gasteiger partial charge is 0.449 e. The zero-order chi connectivity index (χ0) is 14.0. The molecule has 0 radical (unpaired) electrons. The maximum atomic E-state index is 10.6. The van der Waals surface area contributed by atoms with E-state index >= 15 is 0 Å². The number of pyridine rings is 1. The number of carbonyl (C=O) groups is 1. The lowest BCUT2D eigenvalue weighted by molar-refractivity contribution is 0.142. The predicted octanol–water partition coefficient (Wildman–Crippen LogP) is 3.69. The Morgan fingerprint density at radius 3 is 2.68 bits per heavy atom. The highest BCUT2D eigenvalue weighted by Gasteiger charge is 2.14. The number of carboxylic acid groups (broad SMARTS) is 1. The minimum atomic E-state index is -1.52. The van der Waals surface area contributed by atoms with Gasteiger partial charge in [0.2, 0.25) is 5.88 Å². The van der Waals surface area contributed by atoms with Crippen LogP contribution in [0.1, 0.15) is 0 Å². The SMILES string of the molecule is Nc1cc(-c2cccc(Cl)c2)nc(OC(=O)O)c1Cl. The first kappa shape index (κ1) is 13.5. The Hall–Kier alpha value is -1.98. The van der Waals surface area contributed by atoms with E-state index in [0.29, 0.717) is 16.3 Å². The Bertz CT molecular complexity index is 647. The van der Waals surface area contributed by atoms with Crippen molar-refractivity contribution in [3.05, 3.63) is 40.4 Å². The molecule has 0 amide bonds. The van der Waals surface area contributed by atoms with Gasteiger partial charge in [-0.25, -0.2) is 9.78 Å². The molecule has 5 nitrogen and oxygen atoms in total. The van der Waals surface area contributed by atoms with E-state index in [1.54, 1.807) is 24.3 Å². The summed E-state index contributed by atoms with van der Waals surface area (Å²) in [5, 5.41) is 9.08. The second kappa shape index (κ2) is 5.34. The molecule has 2 aromatic rings. The second-order valence-electron chi connectivity index (χ2n) is 3.59. The molecule has 1 aromatic carbocycles. The molecule has 2 rings (SSSR count). The van der Waals surface area contributed by atoms with Crippen LogP contribution in [0.25, 0.3) is 11.3 Å². The summed E-state index contributed by atoms with van der Waals surface area (Å²) < 4.78 is 4.48. The molecule has 0 aliphatic heterocycles. The van der Waals surface area contributed by atoms with Gasteiger partial charge in [0.15, 0.2) is 0 Å². The van der Waals surface area contributed by atoms with Gasteiger partial charge in [0.1, 0.15) is 5.02 Å². The number of hydrogen-bond donors (Lipinski definition) is 2. The lowest BCUT2D eigenvalue weighted by Crippen LogP contribution is -2.06. The quantitative estimate of drug-likeness (QED) is 0.826. The number of halogens is 2. The van der Waals surface area contributed by atoms with Crippen LogP contribution in [0.3, 0.4) is 0 Å². The van der Waals surface area contributed by atoms with Gasteiger partial charge in [0.25, 0.3) is 0 Å². The number of hydrogen-bond acceptors (Lipinski definition) is 4. The van der Waals surface area contributed by atoms with E-state index in [2.05, 4.69) is 9.72 Å². The van der Waals surface area contributed by atoms with Gasteiger partial charge in [-0.15, -0.1) is 0 Å². The maximum Gasteiger partial charge on any atom is 0.512 e. The molecule has 1 heterocycles. The number of nitrogens with zero attached hydrogens (tertiary/aromatic N) is 1. The van der Waals surface area contributed by atoms with Crippen LogP contribution in [0.4, 0.5) is 10.5 Å². The fraction of sp³-hybridized carbons (Fsp3) is 0. The van der Waals surface area contributed by atoms with Crippen LogP contribution in [0, 0.1) is 0 Å². The molecule has 19 heavy (non-hydrogen) atoms. The second-order valence-corrected chi connectivity index (χ2v) is 4.41. The number of anilines is 1. The highest BCUT2D eigenvalue weighted by Crippen LogP contribution is 2.33. The van der Waals surface area contributed by atoms with Crippen molar-refractivity contribution in [2.24, 2.45) is 0 Å². The van der Waals surface area contributed by atoms with Crippen molar-refractivity contribution in [2.75, 3.05) is 5.73 Å². The third kappa shape index (κ3) is 3.07. The van der Waals surface area contributed by atoms with Crippen LogP contribution in [-0.4, -0.2) is 16.2 Å². The average Bonchev–Trinajstić information content (AvgIpc) is 2.34. The number of nitrogen functional groups attached to an aromatic ring is 1. The van der Waals surface area contributed by atoms with E-state index in [4.69, 9.17) is 34.0 Å². The lowest BCUT2D eigenvalue weighted by atomic mass is 10.1. The number of benzene rings is 1. The van der Waals surface area contributed by atoms with E-state index in [1.807, 2.05) is 0 Å². The van der Waals surface area contributed by atoms with Crippen LogP contribution in [-0.2, 0) is 0 Å². The molecule has 0 saturated carbocycles. The first-order valence-electron chi connectivity index (χ1n) is 5.10. The van der Waals surface area contributed by atoms with E-state index in [0.717, 1.165) is 0 Å². The van der Waals surface area contributed by atoms with Crippen molar-refractivity contribution in [3.8, 4) is 17.1 Å². The van der Waals surface area contributed by atoms with E-state index in [1.165, 1.54) is 6.07 Å². The Balaban J connectivity index is 2.53. The fourth-order valence-corrected chi connectivity index (χ4v) is 1.80. The molecule has 0 aliphatic carbocycles. The topological polar surface area (TPSA) is 85.4 Å². The third-order valence-corrected chi connectivity index (χ3v) is 2.87. The zero-order valence-electron chi connectivity index (χ0n) is 9.43. The van der Waals surface area contributed by atoms with Gasteiger partial charge in [-0.2, -0.15) is 0 Å². The summed E-state index contributed by atoms with van der Waals surface area (Å²) in [4.78, 5) is 14.6. The van der Waals surface area contributed by atoms with E-state index in [-0.39, 0.29) is 16.6 Å². The number of ether oxygens (including phenoxy) is 1. The summed E-state index contributed by atoms with van der Waals surface area (Å²) in [6, 6.07) is 8.39. The molecule has 7 heteroatoms. The van der Waals surface area contributed by atoms with Crippen LogP contribution in [0.15, 0.2) is 30.3 Å². The summed E-state index contributed by atoms with van der Waals surface area (Å²) in [6.45, 7) is 0. The molecule has 1 aromatic heterocycles. The van der Waals surface area contributed by atoms with Crippen LogP contribution in [0.2, 0.25) is 10.0 Å².